The van der Waals surface area contributed by atoms with Gasteiger partial charge in [-0.15, -0.1) is 0 Å². The van der Waals surface area contributed by atoms with Gasteiger partial charge in [-0.3, -0.25) is 9.59 Å². The molecule has 0 bridgehead atoms. The lowest BCUT2D eigenvalue weighted by Crippen LogP contribution is -2.26. The van der Waals surface area contributed by atoms with Crippen LogP contribution in [0, 0.1) is 0 Å². The SMILES string of the molecule is CCC(O)CCNC(=O)CCCC(=O)O. The molecule has 0 spiro atoms. The van der Waals surface area contributed by atoms with Crippen molar-refractivity contribution in [1.82, 2.24) is 5.32 Å². The highest BCUT2D eigenvalue weighted by atomic mass is 16.4. The normalized spacial score (nSPS) is 12.1. The standard InChI is InChI=1S/C10H19NO4/c1-2-8(12)6-7-11-9(13)4-3-5-10(14)15/h8,12H,2-7H2,1H3,(H,11,13)(H,14,15). The maximum atomic E-state index is 11.1. The molecule has 1 amide bonds. The Labute approximate surface area is 89.5 Å². The fourth-order valence-corrected chi connectivity index (χ4v) is 1.07. The molecule has 0 aromatic carbocycles. The molecule has 5 heteroatoms. The largest absolute Gasteiger partial charge is 0.481 e. The van der Waals surface area contributed by atoms with Crippen molar-refractivity contribution in [3.63, 3.8) is 0 Å². The lowest BCUT2D eigenvalue weighted by molar-refractivity contribution is -0.137. The minimum atomic E-state index is -0.885. The van der Waals surface area contributed by atoms with Crippen LogP contribution in [0.2, 0.25) is 0 Å². The number of hydrogen-bond acceptors (Lipinski definition) is 3. The summed E-state index contributed by atoms with van der Waals surface area (Å²) < 4.78 is 0. The Morgan fingerprint density at radius 1 is 1.33 bits per heavy atom. The lowest BCUT2D eigenvalue weighted by atomic mass is 10.2. The number of aliphatic hydroxyl groups excluding tert-OH is 1. The first-order chi connectivity index (χ1) is 7.06. The smallest absolute Gasteiger partial charge is 0.303 e. The van der Waals surface area contributed by atoms with Crippen molar-refractivity contribution in [3.8, 4) is 0 Å². The molecule has 0 fully saturated rings. The van der Waals surface area contributed by atoms with Crippen LogP contribution in [-0.2, 0) is 9.59 Å². The molecule has 3 N–H and O–H groups in total. The fraction of sp³-hybridized carbons (Fsp3) is 0.800. The van der Waals surface area contributed by atoms with E-state index in [4.69, 9.17) is 5.11 Å². The van der Waals surface area contributed by atoms with Crippen LogP contribution in [0.4, 0.5) is 0 Å². The third kappa shape index (κ3) is 9.21. The van der Waals surface area contributed by atoms with Crippen LogP contribution < -0.4 is 5.32 Å². The molecule has 0 saturated carbocycles. The van der Waals surface area contributed by atoms with Gasteiger partial charge < -0.3 is 15.5 Å². The van der Waals surface area contributed by atoms with Crippen molar-refractivity contribution in [1.29, 1.82) is 0 Å². The van der Waals surface area contributed by atoms with Gasteiger partial charge in [0.2, 0.25) is 5.91 Å². The van der Waals surface area contributed by atoms with Crippen LogP contribution in [0.15, 0.2) is 0 Å². The number of aliphatic carboxylic acids is 1. The van der Waals surface area contributed by atoms with Gasteiger partial charge in [0.1, 0.15) is 0 Å². The third-order valence-corrected chi connectivity index (χ3v) is 2.07. The fourth-order valence-electron chi connectivity index (χ4n) is 1.07. The summed E-state index contributed by atoms with van der Waals surface area (Å²) in [4.78, 5) is 21.3. The first kappa shape index (κ1) is 13.9. The number of hydrogen-bond donors (Lipinski definition) is 3. The molecular formula is C10H19NO4. The molecule has 0 aliphatic carbocycles. The second kappa shape index (κ2) is 8.23. The monoisotopic (exact) mass is 217 g/mol. The molecule has 5 nitrogen and oxygen atoms in total. The molecule has 1 atom stereocenters. The Morgan fingerprint density at radius 2 is 2.00 bits per heavy atom. The number of carbonyl (C=O) groups is 2. The van der Waals surface area contributed by atoms with E-state index < -0.39 is 5.97 Å². The summed E-state index contributed by atoms with van der Waals surface area (Å²) in [6.45, 7) is 2.32. The summed E-state index contributed by atoms with van der Waals surface area (Å²) in [5.74, 6) is -1.04. The number of nitrogens with one attached hydrogen (secondary N) is 1. The minimum Gasteiger partial charge on any atom is -0.481 e. The summed E-state index contributed by atoms with van der Waals surface area (Å²) in [5, 5.41) is 20.2. The van der Waals surface area contributed by atoms with E-state index in [0.29, 0.717) is 25.8 Å². The van der Waals surface area contributed by atoms with E-state index in [-0.39, 0.29) is 24.9 Å². The van der Waals surface area contributed by atoms with Gasteiger partial charge >= 0.3 is 5.97 Å². The molecule has 0 aliphatic heterocycles. The minimum absolute atomic E-state index is 0.0189. The van der Waals surface area contributed by atoms with Crippen molar-refractivity contribution in [3.05, 3.63) is 0 Å². The van der Waals surface area contributed by atoms with Gasteiger partial charge in [0.15, 0.2) is 0 Å². The van der Waals surface area contributed by atoms with Crippen molar-refractivity contribution >= 4 is 11.9 Å². The average Bonchev–Trinajstić information content (AvgIpc) is 2.17. The molecule has 88 valence electrons. The topological polar surface area (TPSA) is 86.6 Å². The van der Waals surface area contributed by atoms with E-state index in [1.807, 2.05) is 6.92 Å². The average molecular weight is 217 g/mol. The number of amides is 1. The van der Waals surface area contributed by atoms with Gasteiger partial charge in [-0.2, -0.15) is 0 Å². The van der Waals surface area contributed by atoms with Gasteiger partial charge in [0.25, 0.3) is 0 Å². The zero-order chi connectivity index (χ0) is 11.7. The van der Waals surface area contributed by atoms with Gasteiger partial charge in [-0.25, -0.2) is 0 Å². The quantitative estimate of drug-likeness (QED) is 0.553. The van der Waals surface area contributed by atoms with Gasteiger partial charge in [0, 0.05) is 19.4 Å². The van der Waals surface area contributed by atoms with Gasteiger partial charge in [-0.05, 0) is 19.3 Å². The van der Waals surface area contributed by atoms with E-state index in [0.717, 1.165) is 0 Å². The summed E-state index contributed by atoms with van der Waals surface area (Å²) in [5.41, 5.74) is 0. The predicted molar refractivity (Wildman–Crippen MR) is 55.4 cm³/mol. The zero-order valence-corrected chi connectivity index (χ0v) is 9.03. The number of carboxylic acids is 1. The van der Waals surface area contributed by atoms with Crippen molar-refractivity contribution in [2.45, 2.75) is 45.1 Å². The van der Waals surface area contributed by atoms with Crippen LogP contribution in [0.5, 0.6) is 0 Å². The van der Waals surface area contributed by atoms with Crippen molar-refractivity contribution in [2.24, 2.45) is 0 Å². The lowest BCUT2D eigenvalue weighted by Gasteiger charge is -2.08. The summed E-state index contributed by atoms with van der Waals surface area (Å²) in [6, 6.07) is 0. The summed E-state index contributed by atoms with van der Waals surface area (Å²) in [6.07, 6.45) is 1.46. The molecule has 0 aromatic heterocycles. The highest BCUT2D eigenvalue weighted by Gasteiger charge is 2.04. The molecular weight excluding hydrogens is 198 g/mol. The first-order valence-corrected chi connectivity index (χ1v) is 5.22. The van der Waals surface area contributed by atoms with E-state index in [1.165, 1.54) is 0 Å². The van der Waals surface area contributed by atoms with Crippen LogP contribution in [0.3, 0.4) is 0 Å². The van der Waals surface area contributed by atoms with E-state index in [9.17, 15) is 14.7 Å². The van der Waals surface area contributed by atoms with Crippen LogP contribution in [0.1, 0.15) is 39.0 Å². The van der Waals surface area contributed by atoms with Crippen molar-refractivity contribution in [2.75, 3.05) is 6.54 Å². The van der Waals surface area contributed by atoms with Gasteiger partial charge in [0.05, 0.1) is 6.10 Å². The molecule has 0 heterocycles. The molecule has 0 rings (SSSR count). The number of carboxylic acid groups (broad SMARTS) is 1. The number of rotatable bonds is 8. The van der Waals surface area contributed by atoms with Crippen LogP contribution >= 0.6 is 0 Å². The van der Waals surface area contributed by atoms with E-state index in [2.05, 4.69) is 5.32 Å². The summed E-state index contributed by atoms with van der Waals surface area (Å²) >= 11 is 0. The first-order valence-electron chi connectivity index (χ1n) is 5.22. The molecule has 0 saturated heterocycles. The predicted octanol–water partition coefficient (Wildman–Crippen LogP) is 0.518. The zero-order valence-electron chi connectivity index (χ0n) is 9.03. The Hall–Kier alpha value is -1.10. The van der Waals surface area contributed by atoms with Gasteiger partial charge in [-0.1, -0.05) is 6.92 Å². The highest BCUT2D eigenvalue weighted by Crippen LogP contribution is 1.97. The highest BCUT2D eigenvalue weighted by molar-refractivity contribution is 5.76. The maximum absolute atomic E-state index is 11.1. The number of carbonyl (C=O) groups excluding carboxylic acids is 1. The summed E-state index contributed by atoms with van der Waals surface area (Å²) in [7, 11) is 0. The Bertz CT molecular complexity index is 206. The molecule has 0 aliphatic rings. The second-order valence-corrected chi connectivity index (χ2v) is 3.45. The van der Waals surface area contributed by atoms with Crippen molar-refractivity contribution < 1.29 is 19.8 Å². The second-order valence-electron chi connectivity index (χ2n) is 3.45. The van der Waals surface area contributed by atoms with Crippen LogP contribution in [0.25, 0.3) is 0 Å². The van der Waals surface area contributed by atoms with E-state index >= 15 is 0 Å². The van der Waals surface area contributed by atoms with Crippen LogP contribution in [-0.4, -0.2) is 34.7 Å². The Kier molecular flexibility index (Phi) is 7.62. The third-order valence-electron chi connectivity index (χ3n) is 2.07. The molecule has 15 heavy (non-hydrogen) atoms. The van der Waals surface area contributed by atoms with E-state index in [1.54, 1.807) is 0 Å². The maximum Gasteiger partial charge on any atom is 0.303 e. The molecule has 1 unspecified atom stereocenters. The molecule has 0 radical (unpaired) electrons. The Morgan fingerprint density at radius 3 is 2.53 bits per heavy atom. The molecule has 0 aromatic rings. The Balaban J connectivity index is 3.37. The number of aliphatic hydroxyl groups is 1.